The summed E-state index contributed by atoms with van der Waals surface area (Å²) >= 11 is 0. The molecule has 4 N–H and O–H groups in total. The Morgan fingerprint density at radius 1 is 1.50 bits per heavy atom. The molecule has 0 aromatic rings. The van der Waals surface area contributed by atoms with Gasteiger partial charge in [-0.2, -0.15) is 0 Å². The minimum atomic E-state index is -2.70. The number of nitrogens with two attached hydrogens (primary N) is 1. The van der Waals surface area contributed by atoms with Crippen molar-refractivity contribution in [2.24, 2.45) is 16.8 Å². The molecule has 106 valence electrons. The van der Waals surface area contributed by atoms with Crippen LogP contribution in [-0.4, -0.2) is 53.1 Å². The monoisotopic (exact) mass is 267 g/mol. The molecule has 0 spiro atoms. The number of rotatable bonds is 8. The molecular formula is C10H19F2N3O3. The molecule has 0 radical (unpaired) electrons. The van der Waals surface area contributed by atoms with Gasteiger partial charge in [-0.1, -0.05) is 18.5 Å². The highest BCUT2D eigenvalue weighted by Crippen LogP contribution is 2.12. The number of amidine groups is 1. The number of hydrogen-bond donors (Lipinski definition) is 3. The smallest absolute Gasteiger partial charge is 0.255 e. The second-order valence-corrected chi connectivity index (χ2v) is 3.77. The van der Waals surface area contributed by atoms with Crippen molar-refractivity contribution in [3.63, 3.8) is 0 Å². The van der Waals surface area contributed by atoms with E-state index in [0.717, 1.165) is 4.90 Å². The minimum absolute atomic E-state index is 0.206. The number of carbonyl (C=O) groups is 1. The predicted molar refractivity (Wildman–Crippen MR) is 61.5 cm³/mol. The predicted octanol–water partition coefficient (Wildman–Crippen LogP) is 0.235. The van der Waals surface area contributed by atoms with E-state index in [1.54, 1.807) is 6.92 Å². The Balaban J connectivity index is 4.87. The lowest BCUT2D eigenvalue weighted by Gasteiger charge is -2.25. The molecule has 0 aromatic carbocycles. The van der Waals surface area contributed by atoms with Gasteiger partial charge >= 0.3 is 0 Å². The second-order valence-electron chi connectivity index (χ2n) is 3.77. The van der Waals surface area contributed by atoms with E-state index in [1.165, 1.54) is 0 Å². The number of carbonyl (C=O) groups excluding carboxylic acids is 1. The van der Waals surface area contributed by atoms with Gasteiger partial charge in [0.15, 0.2) is 5.84 Å². The van der Waals surface area contributed by atoms with E-state index in [-0.39, 0.29) is 12.4 Å². The standard InChI is InChI=1S/C10H19F2N3O3/c1-2-3-7(9(13)14-18)10(17)15(4-5-16)6-8(11)12/h7-8,16,18H,2-6H2,1H3,(H2,13,14). The number of hydrogen-bond acceptors (Lipinski definition) is 4. The third-order valence-corrected chi connectivity index (χ3v) is 2.39. The molecular weight excluding hydrogens is 248 g/mol. The van der Waals surface area contributed by atoms with Crippen molar-refractivity contribution in [1.29, 1.82) is 0 Å². The van der Waals surface area contributed by atoms with Crippen molar-refractivity contribution in [3.05, 3.63) is 0 Å². The van der Waals surface area contributed by atoms with E-state index in [4.69, 9.17) is 16.0 Å². The van der Waals surface area contributed by atoms with Crippen LogP contribution >= 0.6 is 0 Å². The summed E-state index contributed by atoms with van der Waals surface area (Å²) in [5.41, 5.74) is 5.37. The summed E-state index contributed by atoms with van der Waals surface area (Å²) in [6, 6.07) is 0. The summed E-state index contributed by atoms with van der Waals surface area (Å²) in [4.78, 5) is 12.8. The van der Waals surface area contributed by atoms with Gasteiger partial charge in [0, 0.05) is 6.54 Å². The number of nitrogens with zero attached hydrogens (tertiary/aromatic N) is 2. The number of alkyl halides is 2. The lowest BCUT2D eigenvalue weighted by atomic mass is 10.0. The number of amides is 1. The fraction of sp³-hybridized carbons (Fsp3) is 0.800. The quantitative estimate of drug-likeness (QED) is 0.254. The lowest BCUT2D eigenvalue weighted by molar-refractivity contribution is -0.136. The third-order valence-electron chi connectivity index (χ3n) is 2.39. The third kappa shape index (κ3) is 5.26. The number of aliphatic hydroxyl groups is 1. The summed E-state index contributed by atoms with van der Waals surface area (Å²) in [7, 11) is 0. The first kappa shape index (κ1) is 16.6. The van der Waals surface area contributed by atoms with E-state index in [0.29, 0.717) is 12.8 Å². The van der Waals surface area contributed by atoms with Crippen molar-refractivity contribution in [2.75, 3.05) is 19.7 Å². The highest BCUT2D eigenvalue weighted by Gasteiger charge is 2.28. The van der Waals surface area contributed by atoms with Crippen LogP contribution in [0.4, 0.5) is 8.78 Å². The van der Waals surface area contributed by atoms with E-state index in [9.17, 15) is 13.6 Å². The molecule has 8 heteroatoms. The van der Waals surface area contributed by atoms with Crippen LogP contribution in [0.15, 0.2) is 5.16 Å². The van der Waals surface area contributed by atoms with Crippen LogP contribution in [-0.2, 0) is 4.79 Å². The molecule has 0 saturated heterocycles. The van der Waals surface area contributed by atoms with Gasteiger partial charge in [-0.15, -0.1) is 0 Å². The molecule has 0 aliphatic carbocycles. The highest BCUT2D eigenvalue weighted by molar-refractivity contribution is 6.02. The van der Waals surface area contributed by atoms with Gasteiger partial charge in [0.25, 0.3) is 6.43 Å². The van der Waals surface area contributed by atoms with Crippen LogP contribution < -0.4 is 5.73 Å². The number of aliphatic hydroxyl groups excluding tert-OH is 1. The van der Waals surface area contributed by atoms with Crippen LogP contribution in [0.5, 0.6) is 0 Å². The van der Waals surface area contributed by atoms with Crippen LogP contribution in [0.2, 0.25) is 0 Å². The SMILES string of the molecule is CCCC(C(=O)N(CCO)CC(F)F)C(N)=NO. The van der Waals surface area contributed by atoms with E-state index in [1.807, 2.05) is 0 Å². The van der Waals surface area contributed by atoms with E-state index >= 15 is 0 Å². The number of oxime groups is 1. The Hall–Kier alpha value is -1.44. The first-order chi connectivity index (χ1) is 8.47. The second kappa shape index (κ2) is 8.62. The highest BCUT2D eigenvalue weighted by atomic mass is 19.3. The maximum absolute atomic E-state index is 12.3. The molecule has 6 nitrogen and oxygen atoms in total. The molecule has 0 bridgehead atoms. The zero-order chi connectivity index (χ0) is 14.1. The van der Waals surface area contributed by atoms with Gasteiger partial charge in [0.05, 0.1) is 19.1 Å². The van der Waals surface area contributed by atoms with Gasteiger partial charge < -0.3 is 20.9 Å². The maximum Gasteiger partial charge on any atom is 0.255 e. The van der Waals surface area contributed by atoms with E-state index < -0.39 is 31.4 Å². The van der Waals surface area contributed by atoms with E-state index in [2.05, 4.69) is 5.16 Å². The van der Waals surface area contributed by atoms with Crippen molar-refractivity contribution in [2.45, 2.75) is 26.2 Å². The normalized spacial score (nSPS) is 13.7. The van der Waals surface area contributed by atoms with Gasteiger partial charge in [-0.05, 0) is 6.42 Å². The van der Waals surface area contributed by atoms with Gasteiger partial charge in [-0.25, -0.2) is 8.78 Å². The molecule has 18 heavy (non-hydrogen) atoms. The summed E-state index contributed by atoms with van der Waals surface area (Å²) in [5, 5.41) is 20.1. The molecule has 1 atom stereocenters. The summed E-state index contributed by atoms with van der Waals surface area (Å²) in [6.07, 6.45) is -1.83. The zero-order valence-corrected chi connectivity index (χ0v) is 10.2. The first-order valence-electron chi connectivity index (χ1n) is 5.63. The first-order valence-corrected chi connectivity index (χ1v) is 5.63. The van der Waals surface area contributed by atoms with Gasteiger partial charge in [0.2, 0.25) is 5.91 Å². The van der Waals surface area contributed by atoms with Gasteiger partial charge in [-0.3, -0.25) is 4.79 Å². The van der Waals surface area contributed by atoms with Crippen LogP contribution in [0.25, 0.3) is 0 Å². The van der Waals surface area contributed by atoms with Crippen molar-refractivity contribution in [3.8, 4) is 0 Å². The molecule has 0 aromatic heterocycles. The lowest BCUT2D eigenvalue weighted by Crippen LogP contribution is -2.45. The maximum atomic E-state index is 12.3. The Kier molecular flexibility index (Phi) is 7.93. The summed E-state index contributed by atoms with van der Waals surface area (Å²) < 4.78 is 24.6. The average Bonchev–Trinajstić information content (AvgIpc) is 2.33. The molecule has 0 fully saturated rings. The Bertz CT molecular complexity index is 288. The molecule has 0 aliphatic rings. The molecule has 0 rings (SSSR count). The summed E-state index contributed by atoms with van der Waals surface area (Å²) in [6.45, 7) is 0.377. The van der Waals surface area contributed by atoms with Crippen molar-refractivity contribution < 1.29 is 23.9 Å². The number of halogens is 2. The topological polar surface area (TPSA) is 99.2 Å². The largest absolute Gasteiger partial charge is 0.409 e. The zero-order valence-electron chi connectivity index (χ0n) is 10.2. The molecule has 1 amide bonds. The Labute approximate surface area is 104 Å². The molecule has 0 heterocycles. The van der Waals surface area contributed by atoms with Crippen molar-refractivity contribution >= 4 is 11.7 Å². The van der Waals surface area contributed by atoms with Crippen LogP contribution in [0, 0.1) is 5.92 Å². The van der Waals surface area contributed by atoms with Gasteiger partial charge in [0.1, 0.15) is 0 Å². The summed E-state index contributed by atoms with van der Waals surface area (Å²) in [5.74, 6) is -1.91. The Morgan fingerprint density at radius 2 is 2.11 bits per heavy atom. The van der Waals surface area contributed by atoms with Crippen LogP contribution in [0.1, 0.15) is 19.8 Å². The fourth-order valence-corrected chi connectivity index (χ4v) is 1.56. The average molecular weight is 267 g/mol. The minimum Gasteiger partial charge on any atom is -0.409 e. The molecule has 0 saturated carbocycles. The molecule has 0 aliphatic heterocycles. The Morgan fingerprint density at radius 3 is 2.50 bits per heavy atom. The van der Waals surface area contributed by atoms with Crippen molar-refractivity contribution in [1.82, 2.24) is 4.90 Å². The van der Waals surface area contributed by atoms with Crippen LogP contribution in [0.3, 0.4) is 0 Å². The fourth-order valence-electron chi connectivity index (χ4n) is 1.56. The molecule has 1 unspecified atom stereocenters.